The molecule has 3 aliphatic rings. The molecule has 0 radical (unpaired) electrons. The summed E-state index contributed by atoms with van der Waals surface area (Å²) in [6, 6.07) is 11.1. The van der Waals surface area contributed by atoms with Gasteiger partial charge in [0.2, 0.25) is 11.8 Å². The minimum absolute atomic E-state index is 0.212. The maximum atomic E-state index is 12.9. The van der Waals surface area contributed by atoms with Crippen molar-refractivity contribution in [3.8, 4) is 0 Å². The summed E-state index contributed by atoms with van der Waals surface area (Å²) in [5.74, 6) is -0.998. The van der Waals surface area contributed by atoms with Crippen molar-refractivity contribution in [2.75, 3.05) is 13.1 Å². The average Bonchev–Trinajstić information content (AvgIpc) is 3.12. The number of rotatable bonds is 4. The van der Waals surface area contributed by atoms with Crippen molar-refractivity contribution in [3.05, 3.63) is 64.5 Å². The first-order valence-electron chi connectivity index (χ1n) is 11.5. The number of amides is 3. The molecule has 8 nitrogen and oxygen atoms in total. The van der Waals surface area contributed by atoms with Crippen molar-refractivity contribution in [1.82, 2.24) is 20.1 Å². The van der Waals surface area contributed by atoms with Gasteiger partial charge in [-0.1, -0.05) is 24.3 Å². The third kappa shape index (κ3) is 4.05. The third-order valence-electron chi connectivity index (χ3n) is 7.19. The highest BCUT2D eigenvalue weighted by Gasteiger charge is 2.41. The molecule has 0 spiro atoms. The van der Waals surface area contributed by atoms with E-state index >= 15 is 0 Å². The number of pyridine rings is 1. The number of hydrogen-bond acceptors (Lipinski definition) is 6. The van der Waals surface area contributed by atoms with Crippen LogP contribution in [-0.4, -0.2) is 56.7 Å². The van der Waals surface area contributed by atoms with Crippen LogP contribution in [0.4, 0.5) is 0 Å². The fourth-order valence-electron chi connectivity index (χ4n) is 5.06. The SMILES string of the molecule is Cc1ccccc1CN1CCC(O)(c2ccc3c(n2)CN(C2CCC(=O)NC2=O)C3=O)CC1. The zero-order valence-electron chi connectivity index (χ0n) is 18.7. The molecule has 1 aromatic carbocycles. The number of carbonyl (C=O) groups is 3. The lowest BCUT2D eigenvalue weighted by Gasteiger charge is -2.38. The van der Waals surface area contributed by atoms with E-state index in [0.717, 1.165) is 19.6 Å². The third-order valence-corrected chi connectivity index (χ3v) is 7.19. The monoisotopic (exact) mass is 448 g/mol. The Morgan fingerprint density at radius 3 is 2.61 bits per heavy atom. The molecule has 4 heterocycles. The molecular weight excluding hydrogens is 420 g/mol. The quantitative estimate of drug-likeness (QED) is 0.690. The maximum absolute atomic E-state index is 12.9. The Balaban J connectivity index is 1.28. The number of carbonyl (C=O) groups excluding carboxylic acids is 3. The van der Waals surface area contributed by atoms with Gasteiger partial charge in [-0.05, 0) is 49.4 Å². The van der Waals surface area contributed by atoms with E-state index in [4.69, 9.17) is 0 Å². The highest BCUT2D eigenvalue weighted by atomic mass is 16.3. The van der Waals surface area contributed by atoms with Gasteiger partial charge in [-0.2, -0.15) is 0 Å². The Morgan fingerprint density at radius 2 is 1.88 bits per heavy atom. The van der Waals surface area contributed by atoms with Crippen molar-refractivity contribution >= 4 is 17.7 Å². The molecule has 2 N–H and O–H groups in total. The number of piperidine rings is 2. The number of aromatic nitrogens is 1. The highest BCUT2D eigenvalue weighted by molar-refractivity contribution is 6.05. The Labute approximate surface area is 192 Å². The zero-order valence-corrected chi connectivity index (χ0v) is 18.7. The van der Waals surface area contributed by atoms with Crippen LogP contribution in [0.25, 0.3) is 0 Å². The second kappa shape index (κ2) is 8.35. The van der Waals surface area contributed by atoms with Crippen molar-refractivity contribution in [3.63, 3.8) is 0 Å². The molecule has 1 aromatic heterocycles. The molecule has 172 valence electrons. The fourth-order valence-corrected chi connectivity index (χ4v) is 5.06. The van der Waals surface area contributed by atoms with Gasteiger partial charge in [-0.25, -0.2) is 0 Å². The Bertz CT molecular complexity index is 1120. The summed E-state index contributed by atoms with van der Waals surface area (Å²) < 4.78 is 0. The molecule has 2 aromatic rings. The number of hydrogen-bond donors (Lipinski definition) is 2. The lowest BCUT2D eigenvalue weighted by atomic mass is 9.87. The Hall–Kier alpha value is -3.10. The number of aryl methyl sites for hydroxylation is 1. The second-order valence-electron chi connectivity index (χ2n) is 9.32. The molecule has 3 aliphatic heterocycles. The van der Waals surface area contributed by atoms with E-state index in [9.17, 15) is 19.5 Å². The molecule has 1 unspecified atom stereocenters. The van der Waals surface area contributed by atoms with E-state index < -0.39 is 17.6 Å². The van der Waals surface area contributed by atoms with Crippen molar-refractivity contribution in [2.45, 2.75) is 57.3 Å². The fraction of sp³-hybridized carbons (Fsp3) is 0.440. The summed E-state index contributed by atoms with van der Waals surface area (Å²) in [5, 5.41) is 13.7. The molecule has 5 rings (SSSR count). The summed E-state index contributed by atoms with van der Waals surface area (Å²) in [4.78, 5) is 45.1. The van der Waals surface area contributed by atoms with Crippen LogP contribution in [0, 0.1) is 6.92 Å². The summed E-state index contributed by atoms with van der Waals surface area (Å²) in [6.45, 7) is 4.69. The molecule has 0 aliphatic carbocycles. The molecule has 2 fully saturated rings. The van der Waals surface area contributed by atoms with Gasteiger partial charge in [0.15, 0.2) is 0 Å². The smallest absolute Gasteiger partial charge is 0.256 e. The van der Waals surface area contributed by atoms with Gasteiger partial charge in [0.05, 0.1) is 23.5 Å². The molecule has 8 heteroatoms. The summed E-state index contributed by atoms with van der Waals surface area (Å²) in [6.07, 6.45) is 1.66. The number of aliphatic hydroxyl groups is 1. The minimum Gasteiger partial charge on any atom is -0.383 e. The standard InChI is InChI=1S/C25H28N4O4/c1-16-4-2-3-5-17(16)14-28-12-10-25(33,11-13-28)21-8-6-18-19(26-21)15-29(24(18)32)20-7-9-22(30)27-23(20)31/h2-6,8,20,33H,7,9-15H2,1H3,(H,27,30,31). The number of nitrogens with zero attached hydrogens (tertiary/aromatic N) is 3. The van der Waals surface area contributed by atoms with Gasteiger partial charge in [0, 0.05) is 26.1 Å². The van der Waals surface area contributed by atoms with Gasteiger partial charge in [-0.15, -0.1) is 0 Å². The van der Waals surface area contributed by atoms with E-state index in [-0.39, 0.29) is 24.8 Å². The van der Waals surface area contributed by atoms with E-state index in [0.29, 0.717) is 36.2 Å². The van der Waals surface area contributed by atoms with Crippen LogP contribution >= 0.6 is 0 Å². The van der Waals surface area contributed by atoms with Crippen molar-refractivity contribution < 1.29 is 19.5 Å². The Morgan fingerprint density at radius 1 is 1.12 bits per heavy atom. The van der Waals surface area contributed by atoms with Crippen molar-refractivity contribution in [2.24, 2.45) is 0 Å². The predicted octanol–water partition coefficient (Wildman–Crippen LogP) is 1.63. The van der Waals surface area contributed by atoms with E-state index in [2.05, 4.69) is 40.3 Å². The lowest BCUT2D eigenvalue weighted by molar-refractivity contribution is -0.136. The first-order valence-corrected chi connectivity index (χ1v) is 11.5. The van der Waals surface area contributed by atoms with E-state index in [1.54, 1.807) is 12.1 Å². The number of likely N-dealkylation sites (tertiary alicyclic amines) is 1. The highest BCUT2D eigenvalue weighted by Crippen LogP contribution is 2.35. The average molecular weight is 449 g/mol. The molecule has 0 bridgehead atoms. The maximum Gasteiger partial charge on any atom is 0.256 e. The topological polar surface area (TPSA) is 103 Å². The minimum atomic E-state index is -1.04. The van der Waals surface area contributed by atoms with Crippen LogP contribution in [-0.2, 0) is 28.3 Å². The first kappa shape index (κ1) is 21.7. The van der Waals surface area contributed by atoms with Gasteiger partial charge < -0.3 is 10.0 Å². The Kier molecular flexibility index (Phi) is 5.50. The summed E-state index contributed by atoms with van der Waals surface area (Å²) >= 11 is 0. The van der Waals surface area contributed by atoms with Crippen LogP contribution in [0.5, 0.6) is 0 Å². The molecule has 3 amide bonds. The second-order valence-corrected chi connectivity index (χ2v) is 9.32. The number of benzene rings is 1. The van der Waals surface area contributed by atoms with E-state index in [1.807, 2.05) is 6.07 Å². The molecule has 1 atom stereocenters. The predicted molar refractivity (Wildman–Crippen MR) is 120 cm³/mol. The molecule has 33 heavy (non-hydrogen) atoms. The van der Waals surface area contributed by atoms with Gasteiger partial charge in [0.1, 0.15) is 11.6 Å². The number of nitrogens with one attached hydrogen (secondary N) is 1. The summed E-state index contributed by atoms with van der Waals surface area (Å²) in [7, 11) is 0. The summed E-state index contributed by atoms with van der Waals surface area (Å²) in [5.41, 5.74) is 3.15. The molecule has 2 saturated heterocycles. The van der Waals surface area contributed by atoms with Crippen LogP contribution in [0.2, 0.25) is 0 Å². The van der Waals surface area contributed by atoms with Crippen LogP contribution < -0.4 is 5.32 Å². The number of fused-ring (bicyclic) bond motifs is 1. The van der Waals surface area contributed by atoms with Crippen LogP contribution in [0.15, 0.2) is 36.4 Å². The first-order chi connectivity index (χ1) is 15.8. The van der Waals surface area contributed by atoms with Gasteiger partial charge in [0.25, 0.3) is 5.91 Å². The largest absolute Gasteiger partial charge is 0.383 e. The normalized spacial score (nSPS) is 22.9. The van der Waals surface area contributed by atoms with Crippen molar-refractivity contribution in [1.29, 1.82) is 0 Å². The number of imide groups is 1. The zero-order chi connectivity index (χ0) is 23.2. The van der Waals surface area contributed by atoms with Gasteiger partial charge >= 0.3 is 0 Å². The van der Waals surface area contributed by atoms with E-state index in [1.165, 1.54) is 16.0 Å². The van der Waals surface area contributed by atoms with Crippen LogP contribution in [0.1, 0.15) is 58.6 Å². The lowest BCUT2D eigenvalue weighted by Crippen LogP contribution is -2.52. The van der Waals surface area contributed by atoms with Crippen LogP contribution in [0.3, 0.4) is 0 Å². The molecular formula is C25H28N4O4. The molecule has 0 saturated carbocycles. The van der Waals surface area contributed by atoms with Gasteiger partial charge in [-0.3, -0.25) is 29.6 Å².